The van der Waals surface area contributed by atoms with Gasteiger partial charge in [0.25, 0.3) is 5.91 Å². The van der Waals surface area contributed by atoms with Crippen molar-refractivity contribution in [3.8, 4) is 22.8 Å². The van der Waals surface area contributed by atoms with E-state index in [9.17, 15) is 9.18 Å². The second-order valence-corrected chi connectivity index (χ2v) is 5.05. The van der Waals surface area contributed by atoms with Crippen LogP contribution in [-0.2, 0) is 0 Å². The van der Waals surface area contributed by atoms with E-state index in [1.807, 2.05) is 0 Å². The Morgan fingerprint density at radius 1 is 1.17 bits per heavy atom. The van der Waals surface area contributed by atoms with Gasteiger partial charge in [0.15, 0.2) is 5.76 Å². The monoisotopic (exact) mass is 322 g/mol. The van der Waals surface area contributed by atoms with E-state index in [2.05, 4.69) is 16.9 Å². The predicted octanol–water partition coefficient (Wildman–Crippen LogP) is 4.06. The van der Waals surface area contributed by atoms with E-state index in [0.29, 0.717) is 29.0 Å². The molecule has 4 nitrogen and oxygen atoms in total. The Balaban J connectivity index is 1.98. The Kier molecular flexibility index (Phi) is 4.52. The highest BCUT2D eigenvalue weighted by Gasteiger charge is 2.17. The Labute approximate surface area is 138 Å². The molecule has 1 N–H and O–H groups in total. The SMILES string of the molecule is C=CCNC(=O)c1ccccc1-c1ncc(-c2ccccc2F)o1. The van der Waals surface area contributed by atoms with Gasteiger partial charge in [0.05, 0.1) is 17.3 Å². The summed E-state index contributed by atoms with van der Waals surface area (Å²) >= 11 is 0. The Bertz CT molecular complexity index is 886. The van der Waals surface area contributed by atoms with Crippen molar-refractivity contribution in [1.82, 2.24) is 10.3 Å². The molecule has 3 rings (SSSR count). The number of carbonyl (C=O) groups excluding carboxylic acids is 1. The third kappa shape index (κ3) is 3.10. The summed E-state index contributed by atoms with van der Waals surface area (Å²) in [6.07, 6.45) is 3.05. The van der Waals surface area contributed by atoms with Crippen LogP contribution < -0.4 is 5.32 Å². The molecule has 0 aliphatic rings. The average Bonchev–Trinajstić information content (AvgIpc) is 3.09. The van der Waals surface area contributed by atoms with Crippen LogP contribution in [0.5, 0.6) is 0 Å². The fourth-order valence-electron chi connectivity index (χ4n) is 2.31. The number of hydrogen-bond acceptors (Lipinski definition) is 3. The summed E-state index contributed by atoms with van der Waals surface area (Å²) in [4.78, 5) is 16.4. The van der Waals surface area contributed by atoms with E-state index in [0.717, 1.165) is 0 Å². The second-order valence-electron chi connectivity index (χ2n) is 5.05. The molecule has 0 atom stereocenters. The minimum Gasteiger partial charge on any atom is -0.436 e. The van der Waals surface area contributed by atoms with Crippen LogP contribution in [0.1, 0.15) is 10.4 Å². The number of carbonyl (C=O) groups is 1. The maximum absolute atomic E-state index is 13.9. The number of rotatable bonds is 5. The standard InChI is InChI=1S/C19H15FN2O2/c1-2-11-21-18(23)13-7-3-4-8-14(13)19-22-12-17(24-19)15-9-5-6-10-16(15)20/h2-10,12H,1,11H2,(H,21,23). The van der Waals surface area contributed by atoms with E-state index < -0.39 is 5.82 Å². The highest BCUT2D eigenvalue weighted by atomic mass is 19.1. The maximum atomic E-state index is 13.9. The Morgan fingerprint density at radius 2 is 1.88 bits per heavy atom. The molecule has 120 valence electrons. The van der Waals surface area contributed by atoms with Gasteiger partial charge >= 0.3 is 0 Å². The van der Waals surface area contributed by atoms with E-state index in [4.69, 9.17) is 4.42 Å². The van der Waals surface area contributed by atoms with Crippen LogP contribution in [0.15, 0.2) is 71.8 Å². The fraction of sp³-hybridized carbons (Fsp3) is 0.0526. The molecule has 0 bridgehead atoms. The molecular formula is C19H15FN2O2. The molecule has 0 aliphatic heterocycles. The van der Waals surface area contributed by atoms with Crippen molar-refractivity contribution in [2.75, 3.05) is 6.54 Å². The molecular weight excluding hydrogens is 307 g/mol. The Hall–Kier alpha value is -3.21. The first-order valence-electron chi connectivity index (χ1n) is 7.40. The van der Waals surface area contributed by atoms with Gasteiger partial charge in [-0.1, -0.05) is 30.3 Å². The van der Waals surface area contributed by atoms with Crippen LogP contribution in [0.4, 0.5) is 4.39 Å². The lowest BCUT2D eigenvalue weighted by molar-refractivity contribution is 0.0958. The van der Waals surface area contributed by atoms with Gasteiger partial charge in [-0.05, 0) is 24.3 Å². The number of aromatic nitrogens is 1. The normalized spacial score (nSPS) is 10.4. The smallest absolute Gasteiger partial charge is 0.252 e. The number of nitrogens with one attached hydrogen (secondary N) is 1. The van der Waals surface area contributed by atoms with Gasteiger partial charge in [-0.3, -0.25) is 4.79 Å². The zero-order valence-corrected chi connectivity index (χ0v) is 12.8. The van der Waals surface area contributed by atoms with Crippen LogP contribution in [0.2, 0.25) is 0 Å². The molecule has 0 radical (unpaired) electrons. The molecule has 1 aromatic heterocycles. The van der Waals surface area contributed by atoms with Crippen molar-refractivity contribution in [3.05, 3.63) is 78.8 Å². The predicted molar refractivity (Wildman–Crippen MR) is 89.9 cm³/mol. The van der Waals surface area contributed by atoms with Crippen molar-refractivity contribution >= 4 is 5.91 Å². The molecule has 0 fully saturated rings. The maximum Gasteiger partial charge on any atom is 0.252 e. The highest BCUT2D eigenvalue weighted by molar-refractivity contribution is 6.00. The van der Waals surface area contributed by atoms with E-state index >= 15 is 0 Å². The first-order valence-corrected chi connectivity index (χ1v) is 7.40. The summed E-state index contributed by atoms with van der Waals surface area (Å²) in [5.74, 6) is -0.0737. The number of benzene rings is 2. The van der Waals surface area contributed by atoms with Crippen LogP contribution in [-0.4, -0.2) is 17.4 Å². The lowest BCUT2D eigenvalue weighted by atomic mass is 10.1. The summed E-state index contributed by atoms with van der Waals surface area (Å²) in [6.45, 7) is 3.93. The Morgan fingerprint density at radius 3 is 2.62 bits per heavy atom. The van der Waals surface area contributed by atoms with Crippen molar-refractivity contribution < 1.29 is 13.6 Å². The number of oxazole rings is 1. The summed E-state index contributed by atoms with van der Waals surface area (Å²) in [5.41, 5.74) is 1.30. The number of amides is 1. The van der Waals surface area contributed by atoms with Crippen LogP contribution in [0, 0.1) is 5.82 Å². The molecule has 0 saturated heterocycles. The molecule has 3 aromatic rings. The molecule has 2 aromatic carbocycles. The molecule has 0 saturated carbocycles. The fourth-order valence-corrected chi connectivity index (χ4v) is 2.31. The van der Waals surface area contributed by atoms with Crippen LogP contribution in [0.3, 0.4) is 0 Å². The first kappa shape index (κ1) is 15.7. The molecule has 0 spiro atoms. The average molecular weight is 322 g/mol. The second kappa shape index (κ2) is 6.91. The number of halogens is 1. The zero-order valence-electron chi connectivity index (χ0n) is 12.8. The van der Waals surface area contributed by atoms with E-state index in [1.165, 1.54) is 12.3 Å². The summed E-state index contributed by atoms with van der Waals surface area (Å²) in [5, 5.41) is 2.72. The van der Waals surface area contributed by atoms with Gasteiger partial charge in [-0.25, -0.2) is 9.37 Å². The van der Waals surface area contributed by atoms with Crippen molar-refractivity contribution in [1.29, 1.82) is 0 Å². The van der Waals surface area contributed by atoms with Gasteiger partial charge in [0, 0.05) is 12.1 Å². The largest absolute Gasteiger partial charge is 0.436 e. The summed E-state index contributed by atoms with van der Waals surface area (Å²) in [6, 6.07) is 13.3. The molecule has 1 amide bonds. The van der Waals surface area contributed by atoms with Crippen LogP contribution in [0.25, 0.3) is 22.8 Å². The minimum absolute atomic E-state index is 0.254. The number of hydrogen-bond donors (Lipinski definition) is 1. The van der Waals surface area contributed by atoms with Gasteiger partial charge in [0.2, 0.25) is 5.89 Å². The molecule has 0 aliphatic carbocycles. The third-order valence-electron chi connectivity index (χ3n) is 3.45. The van der Waals surface area contributed by atoms with E-state index in [1.54, 1.807) is 48.5 Å². The molecule has 5 heteroatoms. The van der Waals surface area contributed by atoms with E-state index in [-0.39, 0.29) is 11.8 Å². The van der Waals surface area contributed by atoms with Crippen molar-refractivity contribution in [3.63, 3.8) is 0 Å². The van der Waals surface area contributed by atoms with Crippen molar-refractivity contribution in [2.45, 2.75) is 0 Å². The third-order valence-corrected chi connectivity index (χ3v) is 3.45. The number of nitrogens with zero attached hydrogens (tertiary/aromatic N) is 1. The summed E-state index contributed by atoms with van der Waals surface area (Å²) in [7, 11) is 0. The summed E-state index contributed by atoms with van der Waals surface area (Å²) < 4.78 is 19.6. The zero-order chi connectivity index (χ0) is 16.9. The first-order chi connectivity index (χ1) is 11.7. The topological polar surface area (TPSA) is 55.1 Å². The van der Waals surface area contributed by atoms with Gasteiger partial charge < -0.3 is 9.73 Å². The molecule has 24 heavy (non-hydrogen) atoms. The van der Waals surface area contributed by atoms with Crippen LogP contribution >= 0.6 is 0 Å². The highest BCUT2D eigenvalue weighted by Crippen LogP contribution is 2.29. The lowest BCUT2D eigenvalue weighted by Gasteiger charge is -2.06. The van der Waals surface area contributed by atoms with Gasteiger partial charge in [0.1, 0.15) is 5.82 Å². The quantitative estimate of drug-likeness (QED) is 0.721. The minimum atomic E-state index is -0.391. The van der Waals surface area contributed by atoms with Gasteiger partial charge in [-0.2, -0.15) is 0 Å². The lowest BCUT2D eigenvalue weighted by Crippen LogP contribution is -2.23. The van der Waals surface area contributed by atoms with Crippen molar-refractivity contribution in [2.24, 2.45) is 0 Å². The molecule has 1 heterocycles. The molecule has 0 unspecified atom stereocenters. The van der Waals surface area contributed by atoms with Gasteiger partial charge in [-0.15, -0.1) is 6.58 Å².